The summed E-state index contributed by atoms with van der Waals surface area (Å²) in [5, 5.41) is 19.4. The summed E-state index contributed by atoms with van der Waals surface area (Å²) in [6, 6.07) is 18.5. The maximum atomic E-state index is 11.4. The first-order valence-electron chi connectivity index (χ1n) is 8.86. The first-order chi connectivity index (χ1) is 13.5. The topological polar surface area (TPSA) is 83.3 Å². The molecule has 0 aliphatic rings. The second-order valence-electron chi connectivity index (χ2n) is 6.71. The molecule has 0 saturated heterocycles. The van der Waals surface area contributed by atoms with Crippen LogP contribution in [0.4, 0.5) is 0 Å². The molecule has 138 valence electrons. The second kappa shape index (κ2) is 6.78. The van der Waals surface area contributed by atoms with E-state index in [0.717, 1.165) is 22.3 Å². The van der Waals surface area contributed by atoms with Crippen molar-refractivity contribution in [2.24, 2.45) is 0 Å². The van der Waals surface area contributed by atoms with Gasteiger partial charge in [-0.2, -0.15) is 0 Å². The highest BCUT2D eigenvalue weighted by molar-refractivity contribution is 5.97. The minimum Gasteiger partial charge on any atom is -0.507 e. The van der Waals surface area contributed by atoms with Gasteiger partial charge in [-0.05, 0) is 31.0 Å². The number of aromatic carboxylic acids is 1. The predicted octanol–water partition coefficient (Wildman–Crippen LogP) is 4.98. The largest absolute Gasteiger partial charge is 0.507 e. The van der Waals surface area contributed by atoms with Gasteiger partial charge < -0.3 is 10.2 Å². The Morgan fingerprint density at radius 1 is 0.786 bits per heavy atom. The number of fused-ring (bicyclic) bond motifs is 1. The maximum Gasteiger partial charge on any atom is 0.339 e. The minimum absolute atomic E-state index is 0.193. The lowest BCUT2D eigenvalue weighted by atomic mass is 9.97. The summed E-state index contributed by atoms with van der Waals surface area (Å²) < 4.78 is 0. The lowest BCUT2D eigenvalue weighted by molar-refractivity contribution is 0.0694. The van der Waals surface area contributed by atoms with E-state index >= 15 is 0 Å². The molecule has 1 heterocycles. The SMILES string of the molecule is Cc1ccccc1-c1nc2cc(O)c(C(=O)O)cc2nc1-c1ccccc1C. The van der Waals surface area contributed by atoms with E-state index in [-0.39, 0.29) is 11.3 Å². The Balaban J connectivity index is 2.10. The van der Waals surface area contributed by atoms with Crippen molar-refractivity contribution >= 4 is 17.0 Å². The molecule has 0 aliphatic heterocycles. The molecule has 5 nitrogen and oxygen atoms in total. The number of carboxylic acid groups (broad SMARTS) is 1. The number of rotatable bonds is 3. The van der Waals surface area contributed by atoms with Crippen LogP contribution in [0.25, 0.3) is 33.5 Å². The fraction of sp³-hybridized carbons (Fsp3) is 0.0870. The summed E-state index contributed by atoms with van der Waals surface area (Å²) in [6.07, 6.45) is 0. The van der Waals surface area contributed by atoms with Crippen LogP contribution in [0.15, 0.2) is 60.7 Å². The lowest BCUT2D eigenvalue weighted by Gasteiger charge is -2.14. The molecule has 4 rings (SSSR count). The van der Waals surface area contributed by atoms with Gasteiger partial charge in [0.2, 0.25) is 0 Å². The molecule has 0 spiro atoms. The summed E-state index contributed by atoms with van der Waals surface area (Å²) in [5.41, 5.74) is 6.02. The number of phenols is 1. The average Bonchev–Trinajstić information content (AvgIpc) is 2.67. The number of nitrogens with zero attached hydrogens (tertiary/aromatic N) is 2. The van der Waals surface area contributed by atoms with Gasteiger partial charge in [0.05, 0.1) is 22.4 Å². The van der Waals surface area contributed by atoms with Crippen molar-refractivity contribution in [1.82, 2.24) is 9.97 Å². The third-order valence-corrected chi connectivity index (χ3v) is 4.81. The summed E-state index contributed by atoms with van der Waals surface area (Å²) >= 11 is 0. The number of aromatic hydroxyl groups is 1. The molecule has 0 bridgehead atoms. The van der Waals surface area contributed by atoms with E-state index in [1.54, 1.807) is 0 Å². The molecule has 4 aromatic rings. The fourth-order valence-corrected chi connectivity index (χ4v) is 3.32. The summed E-state index contributed by atoms with van der Waals surface area (Å²) in [6.45, 7) is 4.01. The van der Waals surface area contributed by atoms with Crippen LogP contribution in [-0.2, 0) is 0 Å². The van der Waals surface area contributed by atoms with Gasteiger partial charge in [0.25, 0.3) is 0 Å². The number of hydrogen-bond donors (Lipinski definition) is 2. The van der Waals surface area contributed by atoms with Gasteiger partial charge in [0.15, 0.2) is 0 Å². The molecule has 0 atom stereocenters. The normalized spacial score (nSPS) is 10.9. The van der Waals surface area contributed by atoms with Gasteiger partial charge in [0.1, 0.15) is 11.3 Å². The van der Waals surface area contributed by atoms with Crippen LogP contribution in [-0.4, -0.2) is 26.2 Å². The number of aromatic nitrogens is 2. The minimum atomic E-state index is -1.21. The highest BCUT2D eigenvalue weighted by Crippen LogP contribution is 2.35. The van der Waals surface area contributed by atoms with Gasteiger partial charge in [-0.15, -0.1) is 0 Å². The monoisotopic (exact) mass is 370 g/mol. The molecule has 0 unspecified atom stereocenters. The van der Waals surface area contributed by atoms with Crippen molar-refractivity contribution in [3.8, 4) is 28.3 Å². The smallest absolute Gasteiger partial charge is 0.339 e. The van der Waals surface area contributed by atoms with Crippen molar-refractivity contribution in [3.63, 3.8) is 0 Å². The summed E-state index contributed by atoms with van der Waals surface area (Å²) in [5.74, 6) is -1.53. The van der Waals surface area contributed by atoms with Crippen molar-refractivity contribution in [1.29, 1.82) is 0 Å². The molecule has 3 aromatic carbocycles. The molecule has 28 heavy (non-hydrogen) atoms. The Morgan fingerprint density at radius 3 is 1.71 bits per heavy atom. The zero-order valence-electron chi connectivity index (χ0n) is 15.5. The van der Waals surface area contributed by atoms with E-state index in [0.29, 0.717) is 22.4 Å². The molecule has 0 fully saturated rings. The van der Waals surface area contributed by atoms with Crippen molar-refractivity contribution in [3.05, 3.63) is 77.4 Å². The summed E-state index contributed by atoms with van der Waals surface area (Å²) in [4.78, 5) is 20.9. The third kappa shape index (κ3) is 2.97. The number of carbonyl (C=O) groups is 1. The van der Waals surface area contributed by atoms with Crippen LogP contribution in [0.3, 0.4) is 0 Å². The van der Waals surface area contributed by atoms with E-state index in [4.69, 9.17) is 9.97 Å². The Morgan fingerprint density at radius 2 is 1.25 bits per heavy atom. The number of aryl methyl sites for hydroxylation is 2. The highest BCUT2D eigenvalue weighted by Gasteiger charge is 2.18. The van der Waals surface area contributed by atoms with Crippen molar-refractivity contribution < 1.29 is 15.0 Å². The number of carboxylic acids is 1. The number of hydrogen-bond acceptors (Lipinski definition) is 4. The van der Waals surface area contributed by atoms with Crippen LogP contribution in [0.5, 0.6) is 5.75 Å². The Hall–Kier alpha value is -3.73. The van der Waals surface area contributed by atoms with Gasteiger partial charge in [0, 0.05) is 17.2 Å². The van der Waals surface area contributed by atoms with E-state index in [9.17, 15) is 15.0 Å². The zero-order chi connectivity index (χ0) is 19.8. The second-order valence-corrected chi connectivity index (χ2v) is 6.71. The molecule has 5 heteroatoms. The van der Waals surface area contributed by atoms with Crippen molar-refractivity contribution in [2.45, 2.75) is 13.8 Å². The Kier molecular flexibility index (Phi) is 4.28. The molecule has 0 radical (unpaired) electrons. The fourth-order valence-electron chi connectivity index (χ4n) is 3.32. The molecular weight excluding hydrogens is 352 g/mol. The van der Waals surface area contributed by atoms with E-state index in [1.807, 2.05) is 62.4 Å². The number of benzene rings is 3. The van der Waals surface area contributed by atoms with E-state index < -0.39 is 5.97 Å². The van der Waals surface area contributed by atoms with Crippen LogP contribution < -0.4 is 0 Å². The molecule has 1 aromatic heterocycles. The third-order valence-electron chi connectivity index (χ3n) is 4.81. The van der Waals surface area contributed by atoms with Crippen LogP contribution >= 0.6 is 0 Å². The van der Waals surface area contributed by atoms with Gasteiger partial charge in [-0.1, -0.05) is 48.5 Å². The molecule has 0 saturated carbocycles. The van der Waals surface area contributed by atoms with Crippen LogP contribution in [0.1, 0.15) is 21.5 Å². The van der Waals surface area contributed by atoms with Gasteiger partial charge >= 0.3 is 5.97 Å². The van der Waals surface area contributed by atoms with E-state index in [2.05, 4.69) is 0 Å². The van der Waals surface area contributed by atoms with Gasteiger partial charge in [-0.25, -0.2) is 14.8 Å². The molecular formula is C23H18N2O3. The highest BCUT2D eigenvalue weighted by atomic mass is 16.4. The first-order valence-corrected chi connectivity index (χ1v) is 8.86. The van der Waals surface area contributed by atoms with Crippen molar-refractivity contribution in [2.75, 3.05) is 0 Å². The van der Waals surface area contributed by atoms with Crippen LogP contribution in [0, 0.1) is 13.8 Å². The Labute approximate surface area is 162 Å². The Bertz CT molecular complexity index is 1230. The van der Waals surface area contributed by atoms with E-state index in [1.165, 1.54) is 12.1 Å². The zero-order valence-corrected chi connectivity index (χ0v) is 15.5. The average molecular weight is 370 g/mol. The molecule has 0 aliphatic carbocycles. The van der Waals surface area contributed by atoms with Crippen LogP contribution in [0.2, 0.25) is 0 Å². The predicted molar refractivity (Wildman–Crippen MR) is 109 cm³/mol. The summed E-state index contributed by atoms with van der Waals surface area (Å²) in [7, 11) is 0. The standard InChI is InChI=1S/C23H18N2O3/c1-13-7-3-5-9-15(13)21-22(16-10-6-4-8-14(16)2)25-19-12-20(26)17(23(27)28)11-18(19)24-21/h3-12,26H,1-2H3,(H,27,28). The maximum absolute atomic E-state index is 11.4. The first kappa shape index (κ1) is 17.7. The lowest BCUT2D eigenvalue weighted by Crippen LogP contribution is -2.01. The molecule has 0 amide bonds. The van der Waals surface area contributed by atoms with Gasteiger partial charge in [-0.3, -0.25) is 0 Å². The quantitative estimate of drug-likeness (QED) is 0.531. The molecule has 2 N–H and O–H groups in total.